The second-order valence-electron chi connectivity index (χ2n) is 7.41. The van der Waals surface area contributed by atoms with E-state index in [-0.39, 0.29) is 29.8 Å². The molecule has 1 aliphatic rings. The van der Waals surface area contributed by atoms with Gasteiger partial charge in [-0.05, 0) is 56.3 Å². The summed E-state index contributed by atoms with van der Waals surface area (Å²) in [6.07, 6.45) is 2.34. The van der Waals surface area contributed by atoms with Crippen LogP contribution in [0.1, 0.15) is 30.9 Å². The van der Waals surface area contributed by atoms with Crippen LogP contribution in [0.2, 0.25) is 0 Å². The third-order valence-corrected chi connectivity index (χ3v) is 7.35. The Bertz CT molecular complexity index is 977. The van der Waals surface area contributed by atoms with Gasteiger partial charge >= 0.3 is 0 Å². The second-order valence-corrected chi connectivity index (χ2v) is 10.1. The highest BCUT2D eigenvalue weighted by Gasteiger charge is 2.26. The second kappa shape index (κ2) is 11.1. The number of halogens is 1. The molecular formula is C22H28BrN3O4S. The lowest BCUT2D eigenvalue weighted by molar-refractivity contribution is -0.121. The van der Waals surface area contributed by atoms with Crippen LogP contribution in [0.5, 0.6) is 5.75 Å². The largest absolute Gasteiger partial charge is 0.496 e. The lowest BCUT2D eigenvalue weighted by Gasteiger charge is -2.29. The van der Waals surface area contributed by atoms with Crippen LogP contribution in [-0.2, 0) is 14.8 Å². The number of para-hydroxylation sites is 1. The fraction of sp³-hybridized carbons (Fsp3) is 0.409. The molecular weight excluding hydrogens is 482 g/mol. The van der Waals surface area contributed by atoms with E-state index < -0.39 is 10.0 Å². The molecule has 3 rings (SSSR count). The van der Waals surface area contributed by atoms with Crippen molar-refractivity contribution in [3.63, 3.8) is 0 Å². The molecule has 1 heterocycles. The van der Waals surface area contributed by atoms with E-state index in [0.717, 1.165) is 41.7 Å². The van der Waals surface area contributed by atoms with Crippen LogP contribution < -0.4 is 14.8 Å². The average Bonchev–Trinajstić information content (AvgIpc) is 3.29. The van der Waals surface area contributed by atoms with Gasteiger partial charge in [0.15, 0.2) is 0 Å². The number of ether oxygens (including phenoxy) is 1. The highest BCUT2D eigenvalue weighted by Crippen LogP contribution is 2.31. The van der Waals surface area contributed by atoms with Gasteiger partial charge in [-0.25, -0.2) is 13.1 Å². The lowest BCUT2D eigenvalue weighted by atomic mass is 10.0. The Balaban J connectivity index is 1.55. The number of amides is 1. The van der Waals surface area contributed by atoms with Crippen molar-refractivity contribution in [1.82, 2.24) is 14.9 Å². The molecule has 1 aliphatic heterocycles. The monoisotopic (exact) mass is 509 g/mol. The third kappa shape index (κ3) is 6.52. The number of rotatable bonds is 10. The van der Waals surface area contributed by atoms with E-state index in [1.165, 1.54) is 12.1 Å². The molecule has 31 heavy (non-hydrogen) atoms. The van der Waals surface area contributed by atoms with E-state index in [1.807, 2.05) is 24.3 Å². The van der Waals surface area contributed by atoms with E-state index in [9.17, 15) is 13.2 Å². The van der Waals surface area contributed by atoms with Gasteiger partial charge in [-0.3, -0.25) is 9.69 Å². The van der Waals surface area contributed by atoms with Crippen molar-refractivity contribution in [2.24, 2.45) is 0 Å². The number of hydrogen-bond donors (Lipinski definition) is 2. The summed E-state index contributed by atoms with van der Waals surface area (Å²) >= 11 is 3.28. The normalized spacial score (nSPS) is 15.5. The predicted octanol–water partition coefficient (Wildman–Crippen LogP) is 3.08. The van der Waals surface area contributed by atoms with Crippen molar-refractivity contribution < 1.29 is 17.9 Å². The molecule has 1 fully saturated rings. The van der Waals surface area contributed by atoms with Gasteiger partial charge in [-0.15, -0.1) is 0 Å². The molecule has 168 valence electrons. The molecule has 2 N–H and O–H groups in total. The van der Waals surface area contributed by atoms with Gasteiger partial charge in [-0.1, -0.05) is 34.1 Å². The van der Waals surface area contributed by atoms with Crippen LogP contribution in [0.25, 0.3) is 0 Å². The number of sulfonamides is 1. The van der Waals surface area contributed by atoms with Crippen molar-refractivity contribution in [2.75, 3.05) is 33.3 Å². The first kappa shape index (κ1) is 23.7. The zero-order chi connectivity index (χ0) is 22.3. The van der Waals surface area contributed by atoms with Gasteiger partial charge < -0.3 is 10.1 Å². The van der Waals surface area contributed by atoms with E-state index >= 15 is 0 Å². The van der Waals surface area contributed by atoms with Gasteiger partial charge in [-0.2, -0.15) is 0 Å². The average molecular weight is 510 g/mol. The van der Waals surface area contributed by atoms with Crippen LogP contribution in [-0.4, -0.2) is 52.5 Å². The first-order valence-electron chi connectivity index (χ1n) is 10.3. The van der Waals surface area contributed by atoms with E-state index in [4.69, 9.17) is 4.74 Å². The Kier molecular flexibility index (Phi) is 8.48. The van der Waals surface area contributed by atoms with Crippen molar-refractivity contribution in [3.05, 3.63) is 58.6 Å². The minimum Gasteiger partial charge on any atom is -0.496 e. The van der Waals surface area contributed by atoms with Crippen LogP contribution in [0.15, 0.2) is 57.9 Å². The quantitative estimate of drug-likeness (QED) is 0.513. The molecule has 9 heteroatoms. The molecule has 1 amide bonds. The smallest absolute Gasteiger partial charge is 0.240 e. The summed E-state index contributed by atoms with van der Waals surface area (Å²) in [6.45, 7) is 2.43. The van der Waals surface area contributed by atoms with Gasteiger partial charge in [0.05, 0.1) is 18.0 Å². The molecule has 0 unspecified atom stereocenters. The first-order chi connectivity index (χ1) is 14.9. The molecule has 2 aromatic carbocycles. The van der Waals surface area contributed by atoms with Crippen LogP contribution in [0.3, 0.4) is 0 Å². The molecule has 0 bridgehead atoms. The topological polar surface area (TPSA) is 87.7 Å². The minimum atomic E-state index is -3.64. The molecule has 1 atom stereocenters. The summed E-state index contributed by atoms with van der Waals surface area (Å²) in [4.78, 5) is 14.9. The molecule has 2 aromatic rings. The molecule has 0 radical (unpaired) electrons. The zero-order valence-electron chi connectivity index (χ0n) is 17.5. The van der Waals surface area contributed by atoms with Gasteiger partial charge in [0.25, 0.3) is 0 Å². The number of hydrogen-bond acceptors (Lipinski definition) is 5. The SMILES string of the molecule is COc1ccccc1[C@@H](CNC(=O)CCNS(=O)(=O)c1ccc(Br)cc1)N1CCCC1. The maximum absolute atomic E-state index is 12.4. The molecule has 0 saturated carbocycles. The number of benzene rings is 2. The van der Waals surface area contributed by atoms with Crippen molar-refractivity contribution in [3.8, 4) is 5.75 Å². The Morgan fingerprint density at radius 2 is 1.81 bits per heavy atom. The number of carbonyl (C=O) groups excluding carboxylic acids is 1. The number of carbonyl (C=O) groups is 1. The number of likely N-dealkylation sites (tertiary alicyclic amines) is 1. The molecule has 0 spiro atoms. The predicted molar refractivity (Wildman–Crippen MR) is 123 cm³/mol. The standard InChI is InChI=1S/C22H28BrN3O4S/c1-30-21-7-3-2-6-19(21)20(26-14-4-5-15-26)16-24-22(27)12-13-25-31(28,29)18-10-8-17(23)9-11-18/h2-3,6-11,20,25H,4-5,12-16H2,1H3,(H,24,27)/t20-/m1/s1. The van der Waals surface area contributed by atoms with Crippen molar-refractivity contribution in [2.45, 2.75) is 30.2 Å². The van der Waals surface area contributed by atoms with Crippen molar-refractivity contribution >= 4 is 31.9 Å². The van der Waals surface area contributed by atoms with Crippen LogP contribution in [0, 0.1) is 0 Å². The summed E-state index contributed by atoms with van der Waals surface area (Å²) in [5.74, 6) is 0.605. The summed E-state index contributed by atoms with van der Waals surface area (Å²) in [6, 6.07) is 14.2. The summed E-state index contributed by atoms with van der Waals surface area (Å²) in [5, 5.41) is 2.97. The van der Waals surface area contributed by atoms with E-state index in [1.54, 1.807) is 19.2 Å². The van der Waals surface area contributed by atoms with Crippen LogP contribution in [0.4, 0.5) is 0 Å². The Morgan fingerprint density at radius 1 is 1.13 bits per heavy atom. The molecule has 1 saturated heterocycles. The van der Waals surface area contributed by atoms with Gasteiger partial charge in [0.1, 0.15) is 5.75 Å². The van der Waals surface area contributed by atoms with E-state index in [2.05, 4.69) is 30.9 Å². The van der Waals surface area contributed by atoms with Gasteiger partial charge in [0.2, 0.25) is 15.9 Å². The van der Waals surface area contributed by atoms with Gasteiger partial charge in [0, 0.05) is 29.5 Å². The Morgan fingerprint density at radius 3 is 2.48 bits per heavy atom. The zero-order valence-corrected chi connectivity index (χ0v) is 19.9. The highest BCUT2D eigenvalue weighted by molar-refractivity contribution is 9.10. The summed E-state index contributed by atoms with van der Waals surface area (Å²) in [7, 11) is -2.00. The highest BCUT2D eigenvalue weighted by atomic mass is 79.9. The number of nitrogens with zero attached hydrogens (tertiary/aromatic N) is 1. The van der Waals surface area contributed by atoms with E-state index in [0.29, 0.717) is 6.54 Å². The third-order valence-electron chi connectivity index (χ3n) is 5.34. The Hall–Kier alpha value is -1.94. The number of nitrogens with one attached hydrogen (secondary N) is 2. The molecule has 7 nitrogen and oxygen atoms in total. The fourth-order valence-corrected chi connectivity index (χ4v) is 5.02. The maximum Gasteiger partial charge on any atom is 0.240 e. The Labute approximate surface area is 192 Å². The maximum atomic E-state index is 12.4. The fourth-order valence-electron chi connectivity index (χ4n) is 3.73. The number of methoxy groups -OCH3 is 1. The minimum absolute atomic E-state index is 0.0158. The molecule has 0 aromatic heterocycles. The van der Waals surface area contributed by atoms with Crippen LogP contribution >= 0.6 is 15.9 Å². The summed E-state index contributed by atoms with van der Waals surface area (Å²) in [5.41, 5.74) is 1.04. The lowest BCUT2D eigenvalue weighted by Crippen LogP contribution is -2.38. The van der Waals surface area contributed by atoms with Crippen molar-refractivity contribution in [1.29, 1.82) is 0 Å². The molecule has 0 aliphatic carbocycles. The first-order valence-corrected chi connectivity index (χ1v) is 12.6. The summed E-state index contributed by atoms with van der Waals surface area (Å²) < 4.78 is 33.5.